The van der Waals surface area contributed by atoms with Crippen LogP contribution < -0.4 is 5.32 Å². The molecule has 1 atom stereocenters. The Labute approximate surface area is 104 Å². The Bertz CT molecular complexity index is 400. The van der Waals surface area contributed by atoms with Gasteiger partial charge in [0.05, 0.1) is 0 Å². The van der Waals surface area contributed by atoms with E-state index in [9.17, 15) is 0 Å². The molecule has 92 valence electrons. The number of aryl methyl sites for hydroxylation is 1. The Morgan fingerprint density at radius 3 is 3.24 bits per heavy atom. The molecule has 1 fully saturated rings. The molecule has 1 unspecified atom stereocenters. The standard InChI is InChI=1S/C15H22N2/c1-2-3-4-12-5-6-13-11-17-8-7-16-10-15(17)14(13)9-12/h5-6,9,15-16H,2-4,7-8,10-11H2,1H3. The third kappa shape index (κ3) is 2.12. The monoisotopic (exact) mass is 230 g/mol. The molecule has 2 aliphatic heterocycles. The Morgan fingerprint density at radius 1 is 1.41 bits per heavy atom. The zero-order valence-corrected chi connectivity index (χ0v) is 10.7. The minimum absolute atomic E-state index is 0.639. The summed E-state index contributed by atoms with van der Waals surface area (Å²) in [7, 11) is 0. The molecule has 0 aromatic heterocycles. The number of piperazine rings is 1. The summed E-state index contributed by atoms with van der Waals surface area (Å²) in [4.78, 5) is 2.62. The van der Waals surface area contributed by atoms with Gasteiger partial charge in [-0.1, -0.05) is 31.5 Å². The maximum absolute atomic E-state index is 3.52. The predicted octanol–water partition coefficient (Wildman–Crippen LogP) is 2.49. The number of rotatable bonds is 3. The second-order valence-corrected chi connectivity index (χ2v) is 5.33. The van der Waals surface area contributed by atoms with Gasteiger partial charge in [-0.2, -0.15) is 0 Å². The molecule has 3 rings (SSSR count). The van der Waals surface area contributed by atoms with Gasteiger partial charge >= 0.3 is 0 Å². The van der Waals surface area contributed by atoms with Crippen LogP contribution in [-0.4, -0.2) is 24.5 Å². The lowest BCUT2D eigenvalue weighted by Crippen LogP contribution is -2.42. The number of hydrogen-bond acceptors (Lipinski definition) is 2. The second kappa shape index (κ2) is 4.79. The van der Waals surface area contributed by atoms with E-state index in [2.05, 4.69) is 35.3 Å². The molecule has 2 heteroatoms. The molecule has 0 bridgehead atoms. The lowest BCUT2D eigenvalue weighted by Gasteiger charge is -2.30. The van der Waals surface area contributed by atoms with Crippen molar-refractivity contribution in [3.05, 3.63) is 34.9 Å². The molecule has 17 heavy (non-hydrogen) atoms. The molecule has 2 heterocycles. The fraction of sp³-hybridized carbons (Fsp3) is 0.600. The summed E-state index contributed by atoms with van der Waals surface area (Å²) >= 11 is 0. The number of hydrogen-bond donors (Lipinski definition) is 1. The molecule has 0 radical (unpaired) electrons. The molecule has 1 aromatic rings. The normalized spacial score (nSPS) is 23.5. The first-order chi connectivity index (χ1) is 8.38. The highest BCUT2D eigenvalue weighted by Crippen LogP contribution is 2.34. The van der Waals surface area contributed by atoms with Gasteiger partial charge in [-0.3, -0.25) is 4.90 Å². The molecule has 0 aliphatic carbocycles. The van der Waals surface area contributed by atoms with Crippen LogP contribution in [0.15, 0.2) is 18.2 Å². The maximum atomic E-state index is 3.52. The van der Waals surface area contributed by atoms with Crippen molar-refractivity contribution in [1.29, 1.82) is 0 Å². The van der Waals surface area contributed by atoms with Crippen LogP contribution in [0.3, 0.4) is 0 Å². The molecule has 2 nitrogen and oxygen atoms in total. The molecule has 2 aliphatic rings. The van der Waals surface area contributed by atoms with Crippen molar-refractivity contribution in [3.8, 4) is 0 Å². The van der Waals surface area contributed by atoms with E-state index in [-0.39, 0.29) is 0 Å². The van der Waals surface area contributed by atoms with E-state index < -0.39 is 0 Å². The zero-order chi connectivity index (χ0) is 11.7. The van der Waals surface area contributed by atoms with Crippen molar-refractivity contribution in [2.75, 3.05) is 19.6 Å². The average molecular weight is 230 g/mol. The number of nitrogens with one attached hydrogen (secondary N) is 1. The van der Waals surface area contributed by atoms with Crippen molar-refractivity contribution >= 4 is 0 Å². The maximum Gasteiger partial charge on any atom is 0.0480 e. The Hall–Kier alpha value is -0.860. The SMILES string of the molecule is CCCCc1ccc2c(c1)C1CNCCN1C2. The Balaban J connectivity index is 1.83. The lowest BCUT2D eigenvalue weighted by atomic mass is 9.98. The van der Waals surface area contributed by atoms with E-state index in [1.54, 1.807) is 11.1 Å². The summed E-state index contributed by atoms with van der Waals surface area (Å²) < 4.78 is 0. The Morgan fingerprint density at radius 2 is 2.35 bits per heavy atom. The van der Waals surface area contributed by atoms with Crippen LogP contribution in [0.5, 0.6) is 0 Å². The van der Waals surface area contributed by atoms with Gasteiger partial charge in [0.15, 0.2) is 0 Å². The highest BCUT2D eigenvalue weighted by Gasteiger charge is 2.31. The highest BCUT2D eigenvalue weighted by molar-refractivity contribution is 5.38. The van der Waals surface area contributed by atoms with Gasteiger partial charge in [0, 0.05) is 32.2 Å². The Kier molecular flexibility index (Phi) is 3.17. The lowest BCUT2D eigenvalue weighted by molar-refractivity contribution is 0.178. The number of unbranched alkanes of at least 4 members (excludes halogenated alkanes) is 1. The largest absolute Gasteiger partial charge is 0.314 e. The van der Waals surface area contributed by atoms with Crippen molar-refractivity contribution in [1.82, 2.24) is 10.2 Å². The summed E-state index contributed by atoms with van der Waals surface area (Å²) in [5.41, 5.74) is 4.67. The van der Waals surface area contributed by atoms with Gasteiger partial charge < -0.3 is 5.32 Å². The highest BCUT2D eigenvalue weighted by atomic mass is 15.2. The summed E-state index contributed by atoms with van der Waals surface area (Å²) in [6, 6.07) is 7.79. The van der Waals surface area contributed by atoms with Gasteiger partial charge in [0.1, 0.15) is 0 Å². The molecule has 1 aromatic carbocycles. The first kappa shape index (κ1) is 11.2. The van der Waals surface area contributed by atoms with E-state index in [1.807, 2.05) is 0 Å². The van der Waals surface area contributed by atoms with Crippen LogP contribution in [0.1, 0.15) is 42.5 Å². The van der Waals surface area contributed by atoms with Crippen molar-refractivity contribution in [2.24, 2.45) is 0 Å². The molecule has 1 saturated heterocycles. The van der Waals surface area contributed by atoms with Crippen molar-refractivity contribution in [2.45, 2.75) is 38.8 Å². The van der Waals surface area contributed by atoms with Crippen molar-refractivity contribution in [3.63, 3.8) is 0 Å². The fourth-order valence-electron chi connectivity index (χ4n) is 3.10. The van der Waals surface area contributed by atoms with Gasteiger partial charge in [-0.15, -0.1) is 0 Å². The second-order valence-electron chi connectivity index (χ2n) is 5.33. The first-order valence-corrected chi connectivity index (χ1v) is 6.95. The molecular weight excluding hydrogens is 208 g/mol. The van der Waals surface area contributed by atoms with E-state index in [0.717, 1.165) is 19.6 Å². The van der Waals surface area contributed by atoms with Gasteiger partial charge in [-0.05, 0) is 29.5 Å². The summed E-state index contributed by atoms with van der Waals surface area (Å²) in [6.07, 6.45) is 3.84. The quantitative estimate of drug-likeness (QED) is 0.858. The zero-order valence-electron chi connectivity index (χ0n) is 10.7. The molecular formula is C15H22N2. The van der Waals surface area contributed by atoms with E-state index in [1.165, 1.54) is 31.4 Å². The fourth-order valence-corrected chi connectivity index (χ4v) is 3.10. The third-order valence-electron chi connectivity index (χ3n) is 4.12. The van der Waals surface area contributed by atoms with E-state index in [4.69, 9.17) is 0 Å². The van der Waals surface area contributed by atoms with Crippen LogP contribution in [0.25, 0.3) is 0 Å². The summed E-state index contributed by atoms with van der Waals surface area (Å²) in [5.74, 6) is 0. The van der Waals surface area contributed by atoms with E-state index >= 15 is 0 Å². The molecule has 0 amide bonds. The summed E-state index contributed by atoms with van der Waals surface area (Å²) in [6.45, 7) is 6.90. The van der Waals surface area contributed by atoms with Crippen LogP contribution in [0.2, 0.25) is 0 Å². The third-order valence-corrected chi connectivity index (χ3v) is 4.12. The predicted molar refractivity (Wildman–Crippen MR) is 71.1 cm³/mol. The number of benzene rings is 1. The van der Waals surface area contributed by atoms with Crippen LogP contribution >= 0.6 is 0 Å². The molecule has 0 saturated carbocycles. The molecule has 1 N–H and O–H groups in total. The van der Waals surface area contributed by atoms with Crippen LogP contribution in [0, 0.1) is 0 Å². The first-order valence-electron chi connectivity index (χ1n) is 6.95. The summed E-state index contributed by atoms with van der Waals surface area (Å²) in [5, 5.41) is 3.52. The van der Waals surface area contributed by atoms with Crippen molar-refractivity contribution < 1.29 is 0 Å². The van der Waals surface area contributed by atoms with Gasteiger partial charge in [0.2, 0.25) is 0 Å². The van der Waals surface area contributed by atoms with Gasteiger partial charge in [0.25, 0.3) is 0 Å². The van der Waals surface area contributed by atoms with E-state index in [0.29, 0.717) is 6.04 Å². The minimum Gasteiger partial charge on any atom is -0.314 e. The number of fused-ring (bicyclic) bond motifs is 3. The van der Waals surface area contributed by atoms with Crippen LogP contribution in [-0.2, 0) is 13.0 Å². The number of nitrogens with zero attached hydrogens (tertiary/aromatic N) is 1. The minimum atomic E-state index is 0.639. The molecule has 0 spiro atoms. The topological polar surface area (TPSA) is 15.3 Å². The average Bonchev–Trinajstić information content (AvgIpc) is 2.74. The van der Waals surface area contributed by atoms with Crippen LogP contribution in [0.4, 0.5) is 0 Å². The smallest absolute Gasteiger partial charge is 0.0480 e. The van der Waals surface area contributed by atoms with Gasteiger partial charge in [-0.25, -0.2) is 0 Å².